The molecule has 2 aromatic carbocycles. The monoisotopic (exact) mass is 445 g/mol. The van der Waals surface area contributed by atoms with Gasteiger partial charge in [-0.25, -0.2) is 4.39 Å². The van der Waals surface area contributed by atoms with Crippen molar-refractivity contribution in [2.24, 2.45) is 11.1 Å². The second-order valence-electron chi connectivity index (χ2n) is 10.2. The molecule has 2 fully saturated rings. The van der Waals surface area contributed by atoms with Crippen molar-refractivity contribution in [2.45, 2.75) is 63.8 Å². The number of benzene rings is 2. The number of primary amides is 1. The third kappa shape index (κ3) is 3.43. The van der Waals surface area contributed by atoms with Crippen molar-refractivity contribution in [1.82, 2.24) is 4.57 Å². The van der Waals surface area contributed by atoms with E-state index in [0.717, 1.165) is 60.0 Å². The van der Waals surface area contributed by atoms with Gasteiger partial charge in [0.05, 0.1) is 11.1 Å². The topological polar surface area (TPSA) is 77.1 Å². The third-order valence-electron chi connectivity index (χ3n) is 7.84. The lowest BCUT2D eigenvalue weighted by Crippen LogP contribution is -2.27. The lowest BCUT2D eigenvalue weighted by Gasteiger charge is -2.26. The van der Waals surface area contributed by atoms with Gasteiger partial charge in [0.15, 0.2) is 0 Å². The minimum absolute atomic E-state index is 0.0462. The zero-order chi connectivity index (χ0) is 22.7. The summed E-state index contributed by atoms with van der Waals surface area (Å²) in [5.74, 6) is -0.764. The maximum atomic E-state index is 14.2. The molecule has 0 radical (unpaired) electrons. The molecule has 33 heavy (non-hydrogen) atoms. The molecule has 0 bridgehead atoms. The van der Waals surface area contributed by atoms with Crippen LogP contribution in [0.2, 0.25) is 0 Å². The molecule has 3 aromatic rings. The van der Waals surface area contributed by atoms with Crippen LogP contribution in [-0.2, 0) is 6.42 Å². The molecule has 170 valence electrons. The van der Waals surface area contributed by atoms with Crippen LogP contribution in [0, 0.1) is 11.2 Å². The highest BCUT2D eigenvalue weighted by atomic mass is 19.1. The highest BCUT2D eigenvalue weighted by Crippen LogP contribution is 2.56. The van der Waals surface area contributed by atoms with Gasteiger partial charge in [-0.1, -0.05) is 25.3 Å². The molecule has 2 saturated carbocycles. The molecule has 6 rings (SSSR count). The van der Waals surface area contributed by atoms with Gasteiger partial charge in [-0.2, -0.15) is 0 Å². The van der Waals surface area contributed by atoms with Gasteiger partial charge in [0.25, 0.3) is 5.91 Å². The van der Waals surface area contributed by atoms with E-state index in [-0.39, 0.29) is 17.1 Å². The summed E-state index contributed by atoms with van der Waals surface area (Å²) < 4.78 is 15.9. The van der Waals surface area contributed by atoms with E-state index in [4.69, 9.17) is 5.73 Å². The molecule has 5 nitrogen and oxygen atoms in total. The molecular weight excluding hydrogens is 417 g/mol. The highest BCUT2D eigenvalue weighted by molar-refractivity contribution is 6.06. The van der Waals surface area contributed by atoms with Crippen molar-refractivity contribution >= 4 is 28.4 Å². The van der Waals surface area contributed by atoms with Crippen LogP contribution in [0.1, 0.15) is 72.2 Å². The number of rotatable bonds is 4. The van der Waals surface area contributed by atoms with E-state index in [1.807, 2.05) is 12.1 Å². The molecule has 3 N–H and O–H groups in total. The molecule has 0 unspecified atom stereocenters. The summed E-state index contributed by atoms with van der Waals surface area (Å²) in [6, 6.07) is 10.7. The highest BCUT2D eigenvalue weighted by Gasteiger charge is 2.49. The van der Waals surface area contributed by atoms with E-state index in [1.54, 1.807) is 16.7 Å². The standard InChI is InChI=1S/C27H28FN3O2/c28-17-7-9-20-22(13-17)31-23(14-27(10-11-27)15-24(31)32)25(20)16-6-8-19(26(29)33)21(12-16)30-18-4-2-1-3-5-18/h6-9,12-13,18,30H,1-5,10-11,14-15H2,(H2,29,33). The number of carbonyl (C=O) groups excluding carboxylic acids is 2. The summed E-state index contributed by atoms with van der Waals surface area (Å²) in [6.45, 7) is 0. The van der Waals surface area contributed by atoms with Crippen molar-refractivity contribution in [2.75, 3.05) is 5.32 Å². The molecule has 3 aliphatic rings. The molecule has 6 heteroatoms. The number of hydrogen-bond acceptors (Lipinski definition) is 3. The van der Waals surface area contributed by atoms with Crippen LogP contribution >= 0.6 is 0 Å². The number of nitrogens with zero attached hydrogens (tertiary/aromatic N) is 1. The summed E-state index contributed by atoms with van der Waals surface area (Å²) in [4.78, 5) is 25.3. The fourth-order valence-corrected chi connectivity index (χ4v) is 5.94. The van der Waals surface area contributed by atoms with Gasteiger partial charge in [0, 0.05) is 34.8 Å². The van der Waals surface area contributed by atoms with Crippen LogP contribution in [0.3, 0.4) is 0 Å². The predicted octanol–water partition coefficient (Wildman–Crippen LogP) is 5.66. The first-order valence-corrected chi connectivity index (χ1v) is 12.0. The third-order valence-corrected chi connectivity index (χ3v) is 7.84. The van der Waals surface area contributed by atoms with Gasteiger partial charge in [-0.15, -0.1) is 0 Å². The smallest absolute Gasteiger partial charge is 0.250 e. The van der Waals surface area contributed by atoms with Crippen LogP contribution in [0.4, 0.5) is 10.1 Å². The lowest BCUT2D eigenvalue weighted by atomic mass is 9.88. The predicted molar refractivity (Wildman–Crippen MR) is 127 cm³/mol. The van der Waals surface area contributed by atoms with Gasteiger partial charge in [0.2, 0.25) is 5.91 Å². The molecular formula is C27H28FN3O2. The van der Waals surface area contributed by atoms with E-state index >= 15 is 0 Å². The Labute approximate surface area is 192 Å². The maximum absolute atomic E-state index is 14.2. The zero-order valence-electron chi connectivity index (χ0n) is 18.6. The van der Waals surface area contributed by atoms with Crippen LogP contribution in [0.25, 0.3) is 22.0 Å². The number of nitrogens with two attached hydrogens (primary N) is 1. The van der Waals surface area contributed by atoms with E-state index in [2.05, 4.69) is 5.32 Å². The van der Waals surface area contributed by atoms with E-state index in [9.17, 15) is 14.0 Å². The molecule has 1 aliphatic heterocycles. The van der Waals surface area contributed by atoms with Crippen LogP contribution in [0.15, 0.2) is 36.4 Å². The Bertz CT molecular complexity index is 1300. The second-order valence-corrected chi connectivity index (χ2v) is 10.2. The molecule has 1 spiro atoms. The number of hydrogen-bond donors (Lipinski definition) is 2. The number of carbonyl (C=O) groups is 2. The average molecular weight is 446 g/mol. The quantitative estimate of drug-likeness (QED) is 0.544. The van der Waals surface area contributed by atoms with Crippen molar-refractivity contribution in [3.8, 4) is 11.1 Å². The van der Waals surface area contributed by atoms with Crippen molar-refractivity contribution in [1.29, 1.82) is 0 Å². The fourth-order valence-electron chi connectivity index (χ4n) is 5.94. The Kier molecular flexibility index (Phi) is 4.61. The van der Waals surface area contributed by atoms with E-state index in [1.165, 1.54) is 31.4 Å². The molecule has 1 amide bonds. The van der Waals surface area contributed by atoms with Crippen LogP contribution in [0.5, 0.6) is 0 Å². The summed E-state index contributed by atoms with van der Waals surface area (Å²) in [6.07, 6.45) is 9.20. The largest absolute Gasteiger partial charge is 0.382 e. The van der Waals surface area contributed by atoms with Gasteiger partial charge in [0.1, 0.15) is 5.82 Å². The fraction of sp³-hybridized carbons (Fsp3) is 0.407. The first-order chi connectivity index (χ1) is 15.9. The SMILES string of the molecule is NC(=O)c1ccc(-c2c3n(c4cc(F)ccc24)C(=O)CC2(CC2)C3)cc1NC1CCCCC1. The van der Waals surface area contributed by atoms with Crippen LogP contribution < -0.4 is 11.1 Å². The zero-order valence-corrected chi connectivity index (χ0v) is 18.6. The maximum Gasteiger partial charge on any atom is 0.250 e. The Hall–Kier alpha value is -3.15. The van der Waals surface area contributed by atoms with Crippen LogP contribution in [-0.4, -0.2) is 22.4 Å². The molecule has 0 saturated heterocycles. The molecule has 0 atom stereocenters. The summed E-state index contributed by atoms with van der Waals surface area (Å²) in [7, 11) is 0. The van der Waals surface area contributed by atoms with E-state index in [0.29, 0.717) is 23.5 Å². The first kappa shape index (κ1) is 20.5. The number of amides is 1. The van der Waals surface area contributed by atoms with Crippen molar-refractivity contribution in [3.05, 3.63) is 53.5 Å². The second kappa shape index (κ2) is 7.44. The van der Waals surface area contributed by atoms with Gasteiger partial charge < -0.3 is 11.1 Å². The lowest BCUT2D eigenvalue weighted by molar-refractivity contribution is 0.0851. The minimum atomic E-state index is -0.460. The number of aromatic nitrogens is 1. The van der Waals surface area contributed by atoms with Crippen molar-refractivity contribution < 1.29 is 14.0 Å². The van der Waals surface area contributed by atoms with Gasteiger partial charge in [-0.3, -0.25) is 14.2 Å². The average Bonchev–Trinajstić information content (AvgIpc) is 3.44. The van der Waals surface area contributed by atoms with E-state index < -0.39 is 5.91 Å². The normalized spacial score (nSPS) is 19.6. The number of halogens is 1. The number of anilines is 1. The molecule has 2 heterocycles. The Morgan fingerprint density at radius 3 is 2.58 bits per heavy atom. The number of nitrogens with one attached hydrogen (secondary N) is 1. The minimum Gasteiger partial charge on any atom is -0.382 e. The Balaban J connectivity index is 1.53. The molecule has 2 aliphatic carbocycles. The first-order valence-electron chi connectivity index (χ1n) is 12.0. The summed E-state index contributed by atoms with van der Waals surface area (Å²) in [5, 5.41) is 4.44. The Morgan fingerprint density at radius 1 is 1.06 bits per heavy atom. The molecule has 1 aromatic heterocycles. The van der Waals surface area contributed by atoms with Gasteiger partial charge >= 0.3 is 0 Å². The van der Waals surface area contributed by atoms with Crippen molar-refractivity contribution in [3.63, 3.8) is 0 Å². The summed E-state index contributed by atoms with van der Waals surface area (Å²) in [5.41, 5.74) is 10.4. The summed E-state index contributed by atoms with van der Waals surface area (Å²) >= 11 is 0. The number of fused-ring (bicyclic) bond motifs is 3. The Morgan fingerprint density at radius 2 is 1.85 bits per heavy atom. The van der Waals surface area contributed by atoms with Gasteiger partial charge in [-0.05, 0) is 73.4 Å².